The summed E-state index contributed by atoms with van der Waals surface area (Å²) in [5, 5.41) is 0. The molecule has 0 bridgehead atoms. The lowest BCUT2D eigenvalue weighted by Crippen LogP contribution is -2.38. The molecule has 10 rings (SSSR count). The minimum atomic E-state index is -0.753. The second-order valence-corrected chi connectivity index (χ2v) is 18.8. The summed E-state index contributed by atoms with van der Waals surface area (Å²) in [5.41, 5.74) is 25.6. The topological polar surface area (TPSA) is 9.72 Å². The predicted molar refractivity (Wildman–Crippen MR) is 285 cm³/mol. The second-order valence-electron chi connectivity index (χ2n) is 18.8. The van der Waals surface area contributed by atoms with E-state index in [9.17, 15) is 0 Å². The van der Waals surface area contributed by atoms with Crippen molar-refractivity contribution in [1.29, 1.82) is 0 Å². The highest BCUT2D eigenvalue weighted by Gasteiger charge is 2.47. The number of hydrogen-bond donors (Lipinski definition) is 0. The monoisotopic (exact) mass is 869 g/mol. The van der Waals surface area contributed by atoms with Crippen LogP contribution in [0.1, 0.15) is 72.3 Å². The van der Waals surface area contributed by atoms with Crippen LogP contribution in [0.4, 0.5) is 51.2 Å². The van der Waals surface area contributed by atoms with Gasteiger partial charge >= 0.3 is 0 Å². The normalized spacial score (nSPS) is 12.6. The average Bonchev–Trinajstić information content (AvgIpc) is 3.33. The van der Waals surface area contributed by atoms with E-state index in [1.54, 1.807) is 0 Å². The van der Waals surface area contributed by atoms with E-state index in [1.165, 1.54) is 72.3 Å². The van der Waals surface area contributed by atoms with Crippen molar-refractivity contribution in [3.8, 4) is 0 Å². The maximum atomic E-state index is 2.46. The number of benzene rings is 9. The van der Waals surface area contributed by atoms with Crippen LogP contribution in [0.5, 0.6) is 0 Å². The fraction of sp³-hybridized carbons (Fsp3) is 0.156. The molecule has 0 unspecified atom stereocenters. The van der Waals surface area contributed by atoms with Crippen LogP contribution in [0.2, 0.25) is 0 Å². The summed E-state index contributed by atoms with van der Waals surface area (Å²) in [5.74, 6) is 0. The third-order valence-corrected chi connectivity index (χ3v) is 14.5. The van der Waals surface area contributed by atoms with Gasteiger partial charge in [0.15, 0.2) is 0 Å². The molecular weight excluding hydrogens is 811 g/mol. The Hall–Kier alpha value is -7.62. The Labute approximate surface area is 398 Å². The molecule has 9 aromatic carbocycles. The summed E-state index contributed by atoms with van der Waals surface area (Å²) in [6, 6.07) is 73.2. The van der Waals surface area contributed by atoms with E-state index in [0.717, 1.165) is 51.2 Å². The van der Waals surface area contributed by atoms with Crippen molar-refractivity contribution in [2.24, 2.45) is 0 Å². The molecular formula is C64H59N3. The fourth-order valence-corrected chi connectivity index (χ4v) is 10.1. The zero-order valence-corrected chi connectivity index (χ0v) is 40.3. The van der Waals surface area contributed by atoms with Gasteiger partial charge in [0.05, 0.1) is 16.8 Å². The quantitative estimate of drug-likeness (QED) is 0.143. The molecule has 0 saturated carbocycles. The van der Waals surface area contributed by atoms with Crippen LogP contribution in [0, 0.1) is 62.3 Å². The maximum absolute atomic E-state index is 2.46. The molecule has 0 saturated heterocycles. The van der Waals surface area contributed by atoms with Gasteiger partial charge in [-0.1, -0.05) is 103 Å². The Morgan fingerprint density at radius 2 is 0.642 bits per heavy atom. The third kappa shape index (κ3) is 7.59. The van der Waals surface area contributed by atoms with Crippen LogP contribution < -0.4 is 14.7 Å². The molecule has 0 fully saturated rings. The molecule has 330 valence electrons. The van der Waals surface area contributed by atoms with Gasteiger partial charge in [-0.2, -0.15) is 0 Å². The molecule has 3 nitrogen and oxygen atoms in total. The fourth-order valence-electron chi connectivity index (χ4n) is 10.1. The van der Waals surface area contributed by atoms with Gasteiger partial charge in [-0.3, -0.25) is 0 Å². The maximum Gasteiger partial charge on any atom is 0.0743 e. The number of fused-ring (bicyclic) bond motifs is 2. The summed E-state index contributed by atoms with van der Waals surface area (Å²) in [4.78, 5) is 7.34. The van der Waals surface area contributed by atoms with E-state index in [4.69, 9.17) is 0 Å². The van der Waals surface area contributed by atoms with Crippen LogP contribution in [-0.2, 0) is 5.41 Å². The van der Waals surface area contributed by atoms with Crippen molar-refractivity contribution in [1.82, 2.24) is 0 Å². The smallest absolute Gasteiger partial charge is 0.0743 e. The molecule has 9 aromatic rings. The zero-order chi connectivity index (χ0) is 46.6. The zero-order valence-electron chi connectivity index (χ0n) is 40.3. The van der Waals surface area contributed by atoms with Gasteiger partial charge in [-0.25, -0.2) is 0 Å². The highest BCUT2D eigenvalue weighted by molar-refractivity contribution is 5.91. The van der Waals surface area contributed by atoms with Crippen molar-refractivity contribution >= 4 is 51.2 Å². The summed E-state index contributed by atoms with van der Waals surface area (Å²) >= 11 is 0. The molecule has 1 aliphatic heterocycles. The first-order valence-electron chi connectivity index (χ1n) is 23.6. The highest BCUT2D eigenvalue weighted by atomic mass is 15.2. The van der Waals surface area contributed by atoms with Crippen LogP contribution in [-0.4, -0.2) is 0 Å². The molecule has 1 heterocycles. The Morgan fingerprint density at radius 3 is 1.00 bits per heavy atom. The summed E-state index contributed by atoms with van der Waals surface area (Å²) in [6.45, 7) is 19.8. The van der Waals surface area contributed by atoms with Crippen molar-refractivity contribution in [2.75, 3.05) is 14.7 Å². The van der Waals surface area contributed by atoms with Gasteiger partial charge in [-0.15, -0.1) is 0 Å². The van der Waals surface area contributed by atoms with Gasteiger partial charge in [0, 0.05) is 39.8 Å². The Balaban J connectivity index is 1.29. The molecule has 0 aliphatic carbocycles. The first kappa shape index (κ1) is 43.3. The molecule has 3 heteroatoms. The molecule has 67 heavy (non-hydrogen) atoms. The Kier molecular flexibility index (Phi) is 11.2. The van der Waals surface area contributed by atoms with E-state index in [2.05, 4.69) is 271 Å². The van der Waals surface area contributed by atoms with Crippen LogP contribution in [0.25, 0.3) is 0 Å². The molecule has 0 radical (unpaired) electrons. The summed E-state index contributed by atoms with van der Waals surface area (Å²) in [7, 11) is 0. The lowest BCUT2D eigenvalue weighted by Gasteiger charge is -2.47. The van der Waals surface area contributed by atoms with Crippen LogP contribution >= 0.6 is 0 Å². The Bertz CT molecular complexity index is 3020. The number of aryl methyl sites for hydroxylation is 9. The number of para-hydroxylation sites is 2. The van der Waals surface area contributed by atoms with Gasteiger partial charge in [0.1, 0.15) is 0 Å². The van der Waals surface area contributed by atoms with Gasteiger partial charge in [-0.05, 0) is 226 Å². The highest BCUT2D eigenvalue weighted by Crippen LogP contribution is 2.58. The lowest BCUT2D eigenvalue weighted by molar-refractivity contribution is 0.731. The van der Waals surface area contributed by atoms with E-state index < -0.39 is 5.41 Å². The molecule has 0 aromatic heterocycles. The second kappa shape index (κ2) is 17.3. The Morgan fingerprint density at radius 1 is 0.299 bits per heavy atom. The summed E-state index contributed by atoms with van der Waals surface area (Å²) in [6.07, 6.45) is 0. The molecule has 0 spiro atoms. The van der Waals surface area contributed by atoms with E-state index in [0.29, 0.717) is 0 Å². The van der Waals surface area contributed by atoms with E-state index in [1.807, 2.05) is 0 Å². The number of hydrogen-bond acceptors (Lipinski definition) is 3. The van der Waals surface area contributed by atoms with Gasteiger partial charge < -0.3 is 14.7 Å². The molecule has 0 atom stereocenters. The van der Waals surface area contributed by atoms with Gasteiger partial charge in [0.25, 0.3) is 0 Å². The minimum Gasteiger partial charge on any atom is -0.310 e. The summed E-state index contributed by atoms with van der Waals surface area (Å²) < 4.78 is 0. The van der Waals surface area contributed by atoms with E-state index >= 15 is 0 Å². The molecule has 1 aliphatic rings. The SMILES string of the molecule is Cc1ccc(N2c3ccccc3C(c3cccc(N(c4ccc(C)c(C)c4)c4ccc(C)c(C)c4)c3)(c3cccc(N(c4ccc(C)c(C)c4)c4ccc(C)c(C)c4)c3)c3ccccc32)cc1. The average molecular weight is 870 g/mol. The van der Waals surface area contributed by atoms with Crippen LogP contribution in [0.3, 0.4) is 0 Å². The van der Waals surface area contributed by atoms with E-state index in [-0.39, 0.29) is 0 Å². The van der Waals surface area contributed by atoms with Gasteiger partial charge in [0.2, 0.25) is 0 Å². The first-order chi connectivity index (χ1) is 32.4. The van der Waals surface area contributed by atoms with Crippen molar-refractivity contribution in [3.63, 3.8) is 0 Å². The first-order valence-corrected chi connectivity index (χ1v) is 23.6. The van der Waals surface area contributed by atoms with Crippen molar-refractivity contribution in [2.45, 2.75) is 67.7 Å². The van der Waals surface area contributed by atoms with Crippen molar-refractivity contribution < 1.29 is 0 Å². The minimum absolute atomic E-state index is 0.753. The lowest BCUT2D eigenvalue weighted by atomic mass is 9.62. The predicted octanol–water partition coefficient (Wildman–Crippen LogP) is 17.6. The van der Waals surface area contributed by atoms with Crippen molar-refractivity contribution in [3.05, 3.63) is 266 Å². The molecule has 0 N–H and O–H groups in total. The largest absolute Gasteiger partial charge is 0.310 e. The standard InChI is InChI=1S/C64H59N3/c1-42-24-30-53(31-25-42)67-62-22-12-10-20-60(62)64(61-21-11-13-23-63(61)67,51-16-14-18-54(40-51)65(56-32-26-43(2)47(6)36-56)57-33-27-44(3)48(7)37-57)52-17-15-19-55(41-52)66(58-34-28-45(4)49(8)38-58)59-35-29-46(5)50(9)39-59/h10-41H,1-9H3. The third-order valence-electron chi connectivity index (χ3n) is 14.5. The molecule has 0 amide bonds. The number of anilines is 9. The van der Waals surface area contributed by atoms with Crippen LogP contribution in [0.15, 0.2) is 194 Å². The number of rotatable bonds is 9. The number of nitrogens with zero attached hydrogens (tertiary/aromatic N) is 3.